The van der Waals surface area contributed by atoms with Crippen molar-refractivity contribution in [2.45, 2.75) is 89.3 Å². The highest BCUT2D eigenvalue weighted by Crippen LogP contribution is 2.50. The molecule has 0 radical (unpaired) electrons. The van der Waals surface area contributed by atoms with Crippen LogP contribution in [0.4, 0.5) is 10.8 Å². The van der Waals surface area contributed by atoms with E-state index in [0.717, 1.165) is 80.9 Å². The summed E-state index contributed by atoms with van der Waals surface area (Å²) in [6, 6.07) is 5.19. The first-order valence-corrected chi connectivity index (χ1v) is 16.4. The summed E-state index contributed by atoms with van der Waals surface area (Å²) in [7, 11) is 6.40. The lowest BCUT2D eigenvalue weighted by Gasteiger charge is -2.43. The normalized spacial score (nSPS) is 23.3. The molecule has 0 unspecified atom stereocenters. The second-order valence-corrected chi connectivity index (χ2v) is 14.1. The molecule has 2 N–H and O–H groups in total. The fourth-order valence-corrected chi connectivity index (χ4v) is 8.42. The summed E-state index contributed by atoms with van der Waals surface area (Å²) in [5.41, 5.74) is 9.08. The van der Waals surface area contributed by atoms with Crippen molar-refractivity contribution in [3.05, 3.63) is 33.4 Å². The minimum atomic E-state index is -0.503. The number of anilines is 2. The first kappa shape index (κ1) is 29.9. The van der Waals surface area contributed by atoms with Crippen molar-refractivity contribution >= 4 is 22.2 Å². The van der Waals surface area contributed by atoms with Gasteiger partial charge in [0.15, 0.2) is 17.3 Å². The van der Waals surface area contributed by atoms with E-state index in [1.54, 1.807) is 0 Å². The van der Waals surface area contributed by atoms with E-state index in [9.17, 15) is 5.26 Å². The van der Waals surface area contributed by atoms with Gasteiger partial charge in [0, 0.05) is 41.7 Å². The number of thiophene rings is 1. The lowest BCUT2D eigenvalue weighted by molar-refractivity contribution is 0.117. The van der Waals surface area contributed by atoms with Gasteiger partial charge in [-0.15, -0.1) is 11.3 Å². The number of likely N-dealkylation sites (tertiary alicyclic amines) is 1. The predicted octanol–water partition coefficient (Wildman–Crippen LogP) is 4.85. The van der Waals surface area contributed by atoms with E-state index >= 15 is 0 Å². The van der Waals surface area contributed by atoms with Crippen LogP contribution >= 0.6 is 11.3 Å². The Morgan fingerprint density at radius 2 is 2.09 bits per heavy atom. The smallest absolute Gasteiger partial charge is 0.219 e. The van der Waals surface area contributed by atoms with Gasteiger partial charge in [0.05, 0.1) is 11.0 Å². The Morgan fingerprint density at radius 3 is 2.77 bits per heavy atom. The summed E-state index contributed by atoms with van der Waals surface area (Å²) in [4.78, 5) is 18.1. The zero-order valence-corrected chi connectivity index (χ0v) is 27.1. The Bertz CT molecular complexity index is 1520. The van der Waals surface area contributed by atoms with Crippen LogP contribution in [0.1, 0.15) is 80.2 Å². The van der Waals surface area contributed by atoms with E-state index in [1.807, 2.05) is 6.07 Å². The molecule has 2 aliphatic heterocycles. The van der Waals surface area contributed by atoms with Gasteiger partial charge in [-0.05, 0) is 85.6 Å². The maximum atomic E-state index is 10.0. The van der Waals surface area contributed by atoms with Gasteiger partial charge in [-0.3, -0.25) is 4.90 Å². The van der Waals surface area contributed by atoms with Crippen molar-refractivity contribution in [3.63, 3.8) is 0 Å². The van der Waals surface area contributed by atoms with Gasteiger partial charge >= 0.3 is 0 Å². The fourth-order valence-electron chi connectivity index (χ4n) is 7.23. The highest BCUT2D eigenvalue weighted by atomic mass is 32.1. The Kier molecular flexibility index (Phi) is 8.13. The van der Waals surface area contributed by atoms with Crippen LogP contribution in [-0.4, -0.2) is 83.9 Å². The van der Waals surface area contributed by atoms with Crippen LogP contribution in [-0.2, 0) is 18.3 Å². The molecular weight excluding hydrogens is 560 g/mol. The predicted molar refractivity (Wildman–Crippen MR) is 170 cm³/mol. The summed E-state index contributed by atoms with van der Waals surface area (Å²) in [6.07, 6.45) is 6.74. The molecule has 10 nitrogen and oxygen atoms in total. The quantitative estimate of drug-likeness (QED) is 0.363. The fraction of sp³-hybridized carbons (Fsp3) is 0.625. The molecule has 3 aromatic heterocycles. The van der Waals surface area contributed by atoms with Crippen molar-refractivity contribution in [2.24, 2.45) is 0 Å². The van der Waals surface area contributed by atoms with Crippen LogP contribution in [0.5, 0.6) is 5.88 Å². The number of nitrogens with zero attached hydrogens (tertiary/aromatic N) is 7. The number of rotatable bonds is 9. The number of hydrogen-bond donors (Lipinski definition) is 1. The van der Waals surface area contributed by atoms with Crippen molar-refractivity contribution in [3.8, 4) is 23.5 Å². The van der Waals surface area contributed by atoms with Crippen LogP contribution in [0, 0.1) is 11.3 Å². The Balaban J connectivity index is 1.42. The number of nitriles is 1. The Hall–Kier alpha value is -3.20. The number of nitrogen functional groups attached to an aromatic ring is 1. The van der Waals surface area contributed by atoms with Gasteiger partial charge in [0.25, 0.3) is 0 Å². The number of ether oxygens (including phenoxy) is 1. The summed E-state index contributed by atoms with van der Waals surface area (Å²) < 4.78 is 12.8. The second-order valence-electron chi connectivity index (χ2n) is 12.9. The molecule has 0 spiro atoms. The third-order valence-corrected chi connectivity index (χ3v) is 10.9. The van der Waals surface area contributed by atoms with E-state index in [4.69, 9.17) is 25.0 Å². The first-order valence-electron chi connectivity index (χ1n) is 15.6. The molecule has 43 heavy (non-hydrogen) atoms. The van der Waals surface area contributed by atoms with Crippen LogP contribution in [0.15, 0.2) is 10.6 Å². The summed E-state index contributed by atoms with van der Waals surface area (Å²) in [5, 5.41) is 15.3. The SMILES string of the molecule is CCCc1c(-c2nc(O[C@@H](C)[C@@H]3CCCN3C)cc(N3CC(N(C)C)C3)n2)noc1[C@@]1(C)CCCc2sc(N)c(C#N)c21. The summed E-state index contributed by atoms with van der Waals surface area (Å²) >= 11 is 1.53. The topological polar surface area (TPSA) is 121 Å². The minimum absolute atomic E-state index is 0.00924. The summed E-state index contributed by atoms with van der Waals surface area (Å²) in [5.74, 6) is 2.74. The number of aryl methyl sites for hydroxylation is 1. The zero-order chi connectivity index (χ0) is 30.5. The molecule has 2 saturated heterocycles. The molecule has 0 aromatic carbocycles. The van der Waals surface area contributed by atoms with E-state index in [-0.39, 0.29) is 6.10 Å². The molecule has 2 fully saturated rings. The van der Waals surface area contributed by atoms with Crippen molar-refractivity contribution in [1.29, 1.82) is 5.26 Å². The molecule has 0 bridgehead atoms. The molecule has 3 aliphatic rings. The van der Waals surface area contributed by atoms with E-state index < -0.39 is 5.41 Å². The highest BCUT2D eigenvalue weighted by molar-refractivity contribution is 7.16. The molecule has 0 saturated carbocycles. The van der Waals surface area contributed by atoms with Gasteiger partial charge < -0.3 is 24.8 Å². The van der Waals surface area contributed by atoms with Crippen molar-refractivity contribution < 1.29 is 9.26 Å². The lowest BCUT2D eigenvalue weighted by Crippen LogP contribution is -2.57. The van der Waals surface area contributed by atoms with Crippen LogP contribution < -0.4 is 15.4 Å². The van der Waals surface area contributed by atoms with Crippen molar-refractivity contribution in [2.75, 3.05) is 51.4 Å². The zero-order valence-electron chi connectivity index (χ0n) is 26.3. The molecule has 11 heteroatoms. The monoisotopic (exact) mass is 604 g/mol. The molecule has 230 valence electrons. The number of hydrogen-bond acceptors (Lipinski definition) is 11. The van der Waals surface area contributed by atoms with Gasteiger partial charge in [-0.2, -0.15) is 10.2 Å². The number of fused-ring (bicyclic) bond motifs is 1. The molecule has 0 amide bonds. The lowest BCUT2D eigenvalue weighted by atomic mass is 9.69. The molecule has 1 aliphatic carbocycles. The maximum Gasteiger partial charge on any atom is 0.219 e. The third kappa shape index (κ3) is 5.28. The number of aromatic nitrogens is 3. The molecule has 3 aromatic rings. The third-order valence-electron chi connectivity index (χ3n) is 9.78. The van der Waals surface area contributed by atoms with Gasteiger partial charge in [-0.25, -0.2) is 4.98 Å². The number of likely N-dealkylation sites (N-methyl/N-ethyl adjacent to an activating group) is 2. The second kappa shape index (κ2) is 11.7. The standard InChI is InChI=1S/C32H44N8O2S/c1-7-10-21-28(37-42-29(21)32(3)13-8-12-24-27(32)22(16-33)30(34)43-24)31-35-25(40-17-20(18-40)38(4)5)15-26(36-31)41-19(2)23-11-9-14-39(23)6/h15,19-20,23H,7-14,17-18,34H2,1-6H3/t19-,23-,32-/m0/s1. The maximum absolute atomic E-state index is 10.0. The van der Waals surface area contributed by atoms with Crippen LogP contribution in [0.3, 0.4) is 0 Å². The van der Waals surface area contributed by atoms with Gasteiger partial charge in [0.1, 0.15) is 23.0 Å². The van der Waals surface area contributed by atoms with E-state index in [1.165, 1.54) is 22.6 Å². The van der Waals surface area contributed by atoms with Gasteiger partial charge in [0.2, 0.25) is 5.88 Å². The average molecular weight is 605 g/mol. The summed E-state index contributed by atoms with van der Waals surface area (Å²) in [6.45, 7) is 9.35. The molecule has 3 atom stereocenters. The minimum Gasteiger partial charge on any atom is -0.473 e. The number of nitrogens with two attached hydrogens (primary N) is 1. The highest BCUT2D eigenvalue weighted by Gasteiger charge is 2.44. The average Bonchev–Trinajstić information content (AvgIpc) is 3.64. The van der Waals surface area contributed by atoms with E-state index in [0.29, 0.717) is 40.0 Å². The van der Waals surface area contributed by atoms with Crippen LogP contribution in [0.2, 0.25) is 0 Å². The van der Waals surface area contributed by atoms with Crippen LogP contribution in [0.25, 0.3) is 11.5 Å². The molecule has 6 rings (SSSR count). The largest absolute Gasteiger partial charge is 0.473 e. The van der Waals surface area contributed by atoms with Crippen molar-refractivity contribution in [1.82, 2.24) is 24.9 Å². The Morgan fingerprint density at radius 1 is 1.30 bits per heavy atom. The Labute approximate surface area is 258 Å². The van der Waals surface area contributed by atoms with Gasteiger partial charge in [-0.1, -0.05) is 18.5 Å². The van der Waals surface area contributed by atoms with E-state index in [2.05, 4.69) is 67.8 Å². The molecule has 5 heterocycles. The first-order chi connectivity index (χ1) is 20.6. The molecular formula is C32H44N8O2S.